The van der Waals surface area contributed by atoms with E-state index in [2.05, 4.69) is 44.2 Å². The lowest BCUT2D eigenvalue weighted by Crippen LogP contribution is -2.39. The van der Waals surface area contributed by atoms with Crippen LogP contribution in [0, 0.1) is 30.1 Å². The number of carbonyl (C=O) groups is 1. The molecule has 92 valence electrons. The lowest BCUT2D eigenvalue weighted by Gasteiger charge is -2.25. The van der Waals surface area contributed by atoms with Gasteiger partial charge >= 0.3 is 0 Å². The fourth-order valence-corrected chi connectivity index (χ4v) is 1.78. The van der Waals surface area contributed by atoms with Crippen molar-refractivity contribution in [2.75, 3.05) is 19.6 Å². The molecular weight excluding hydrogens is 200 g/mol. The number of hydrogen-bond donors (Lipinski definition) is 2. The highest BCUT2D eigenvalue weighted by Gasteiger charge is 2.17. The standard InChI is InChI=1S/C13H24N2O/c1-6-7-14-9-13(16)15-8-12(10(2)3)11(4)5/h1,10-12,14H,7-9H2,2-5H3,(H,15,16). The van der Waals surface area contributed by atoms with Gasteiger partial charge in [0.15, 0.2) is 0 Å². The zero-order chi connectivity index (χ0) is 12.6. The van der Waals surface area contributed by atoms with E-state index in [0.717, 1.165) is 6.54 Å². The van der Waals surface area contributed by atoms with E-state index < -0.39 is 0 Å². The van der Waals surface area contributed by atoms with E-state index in [1.54, 1.807) is 0 Å². The van der Waals surface area contributed by atoms with E-state index >= 15 is 0 Å². The maximum absolute atomic E-state index is 11.4. The van der Waals surface area contributed by atoms with Crippen molar-refractivity contribution < 1.29 is 4.79 Å². The summed E-state index contributed by atoms with van der Waals surface area (Å²) in [6.45, 7) is 10.2. The van der Waals surface area contributed by atoms with Crippen LogP contribution in [0.3, 0.4) is 0 Å². The second kappa shape index (κ2) is 8.18. The van der Waals surface area contributed by atoms with Crippen molar-refractivity contribution in [3.8, 4) is 12.3 Å². The van der Waals surface area contributed by atoms with Crippen LogP contribution in [0.5, 0.6) is 0 Å². The lowest BCUT2D eigenvalue weighted by molar-refractivity contribution is -0.120. The first-order valence-corrected chi connectivity index (χ1v) is 5.89. The van der Waals surface area contributed by atoms with Crippen LogP contribution >= 0.6 is 0 Å². The highest BCUT2D eigenvalue weighted by Crippen LogP contribution is 2.19. The molecule has 2 N–H and O–H groups in total. The van der Waals surface area contributed by atoms with E-state index in [-0.39, 0.29) is 5.91 Å². The molecule has 0 aliphatic rings. The van der Waals surface area contributed by atoms with E-state index in [4.69, 9.17) is 6.42 Å². The SMILES string of the molecule is C#CCNCC(=O)NCC(C(C)C)C(C)C. The van der Waals surface area contributed by atoms with Gasteiger partial charge in [-0.05, 0) is 17.8 Å². The summed E-state index contributed by atoms with van der Waals surface area (Å²) in [5.74, 6) is 4.14. The highest BCUT2D eigenvalue weighted by molar-refractivity contribution is 5.77. The van der Waals surface area contributed by atoms with Crippen LogP contribution in [0.4, 0.5) is 0 Å². The van der Waals surface area contributed by atoms with Crippen LogP contribution in [0.1, 0.15) is 27.7 Å². The Kier molecular flexibility index (Phi) is 7.66. The molecule has 0 saturated carbocycles. The summed E-state index contributed by atoms with van der Waals surface area (Å²) in [4.78, 5) is 11.4. The van der Waals surface area contributed by atoms with Gasteiger partial charge in [0.25, 0.3) is 0 Å². The quantitative estimate of drug-likeness (QED) is 0.505. The van der Waals surface area contributed by atoms with Gasteiger partial charge in [-0.25, -0.2) is 0 Å². The number of amides is 1. The van der Waals surface area contributed by atoms with Crippen molar-refractivity contribution in [1.82, 2.24) is 10.6 Å². The number of carbonyl (C=O) groups excluding carboxylic acids is 1. The summed E-state index contributed by atoms with van der Waals surface area (Å²) in [6.07, 6.45) is 5.07. The van der Waals surface area contributed by atoms with Crippen LogP contribution in [0.15, 0.2) is 0 Å². The van der Waals surface area contributed by atoms with E-state index in [9.17, 15) is 4.79 Å². The molecule has 0 rings (SSSR count). The Balaban J connectivity index is 3.84. The summed E-state index contributed by atoms with van der Waals surface area (Å²) in [6, 6.07) is 0. The second-order valence-electron chi connectivity index (χ2n) is 4.76. The molecule has 0 saturated heterocycles. The molecule has 0 aromatic heterocycles. The molecule has 0 bridgehead atoms. The number of terminal acetylenes is 1. The zero-order valence-corrected chi connectivity index (χ0v) is 10.8. The minimum atomic E-state index is 0.0153. The predicted octanol–water partition coefficient (Wildman–Crippen LogP) is 1.25. The fourth-order valence-electron chi connectivity index (χ4n) is 1.78. The Bertz CT molecular complexity index is 233. The average Bonchev–Trinajstić information content (AvgIpc) is 2.17. The van der Waals surface area contributed by atoms with E-state index in [1.165, 1.54) is 0 Å². The Labute approximate surface area is 99.4 Å². The number of nitrogens with one attached hydrogen (secondary N) is 2. The molecule has 0 aliphatic heterocycles. The van der Waals surface area contributed by atoms with Crippen molar-refractivity contribution in [3.63, 3.8) is 0 Å². The van der Waals surface area contributed by atoms with E-state index in [0.29, 0.717) is 30.8 Å². The Morgan fingerprint density at radius 3 is 2.25 bits per heavy atom. The number of hydrogen-bond acceptors (Lipinski definition) is 2. The normalized spacial score (nSPS) is 10.9. The van der Waals surface area contributed by atoms with Gasteiger partial charge < -0.3 is 5.32 Å². The topological polar surface area (TPSA) is 41.1 Å². The van der Waals surface area contributed by atoms with Crippen molar-refractivity contribution in [2.45, 2.75) is 27.7 Å². The summed E-state index contributed by atoms with van der Waals surface area (Å²) in [5, 5.41) is 5.80. The third-order valence-corrected chi connectivity index (χ3v) is 2.76. The highest BCUT2D eigenvalue weighted by atomic mass is 16.1. The molecule has 16 heavy (non-hydrogen) atoms. The van der Waals surface area contributed by atoms with Crippen molar-refractivity contribution >= 4 is 5.91 Å². The van der Waals surface area contributed by atoms with Crippen LogP contribution in [-0.4, -0.2) is 25.5 Å². The van der Waals surface area contributed by atoms with Crippen LogP contribution in [0.2, 0.25) is 0 Å². The fraction of sp³-hybridized carbons (Fsp3) is 0.769. The summed E-state index contributed by atoms with van der Waals surface area (Å²) in [7, 11) is 0. The van der Waals surface area contributed by atoms with Gasteiger partial charge in [0.2, 0.25) is 5.91 Å². The third-order valence-electron chi connectivity index (χ3n) is 2.76. The minimum absolute atomic E-state index is 0.0153. The smallest absolute Gasteiger partial charge is 0.233 e. The molecular formula is C13H24N2O. The average molecular weight is 224 g/mol. The third kappa shape index (κ3) is 6.47. The van der Waals surface area contributed by atoms with Gasteiger partial charge in [-0.15, -0.1) is 6.42 Å². The maximum Gasteiger partial charge on any atom is 0.233 e. The van der Waals surface area contributed by atoms with Gasteiger partial charge in [-0.2, -0.15) is 0 Å². The lowest BCUT2D eigenvalue weighted by atomic mass is 9.85. The molecule has 3 nitrogen and oxygen atoms in total. The van der Waals surface area contributed by atoms with E-state index in [1.807, 2.05) is 0 Å². The Hall–Kier alpha value is -1.01. The molecule has 0 radical (unpaired) electrons. The molecule has 3 heteroatoms. The van der Waals surface area contributed by atoms with Crippen molar-refractivity contribution in [1.29, 1.82) is 0 Å². The zero-order valence-electron chi connectivity index (χ0n) is 10.8. The molecule has 0 aliphatic carbocycles. The van der Waals surface area contributed by atoms with Gasteiger partial charge in [0.1, 0.15) is 0 Å². The summed E-state index contributed by atoms with van der Waals surface area (Å²) < 4.78 is 0. The first-order chi connectivity index (χ1) is 7.49. The first kappa shape index (κ1) is 15.0. The monoisotopic (exact) mass is 224 g/mol. The molecule has 0 unspecified atom stereocenters. The minimum Gasteiger partial charge on any atom is -0.355 e. The second-order valence-corrected chi connectivity index (χ2v) is 4.76. The van der Waals surface area contributed by atoms with Crippen LogP contribution < -0.4 is 10.6 Å². The molecule has 0 aromatic carbocycles. The first-order valence-electron chi connectivity index (χ1n) is 5.89. The summed E-state index contributed by atoms with van der Waals surface area (Å²) >= 11 is 0. The van der Waals surface area contributed by atoms with Crippen LogP contribution in [-0.2, 0) is 4.79 Å². The Morgan fingerprint density at radius 2 is 1.81 bits per heavy atom. The van der Waals surface area contributed by atoms with Gasteiger partial charge in [0.05, 0.1) is 13.1 Å². The molecule has 0 fully saturated rings. The molecule has 0 atom stereocenters. The van der Waals surface area contributed by atoms with Gasteiger partial charge in [-0.3, -0.25) is 10.1 Å². The summed E-state index contributed by atoms with van der Waals surface area (Å²) in [5.41, 5.74) is 0. The van der Waals surface area contributed by atoms with Crippen LogP contribution in [0.25, 0.3) is 0 Å². The van der Waals surface area contributed by atoms with Gasteiger partial charge in [-0.1, -0.05) is 33.6 Å². The predicted molar refractivity (Wildman–Crippen MR) is 67.9 cm³/mol. The largest absolute Gasteiger partial charge is 0.355 e. The Morgan fingerprint density at radius 1 is 1.25 bits per heavy atom. The molecule has 1 amide bonds. The molecule has 0 spiro atoms. The van der Waals surface area contributed by atoms with Gasteiger partial charge in [0, 0.05) is 6.54 Å². The molecule has 0 heterocycles. The number of rotatable bonds is 7. The van der Waals surface area contributed by atoms with Crippen molar-refractivity contribution in [2.24, 2.45) is 17.8 Å². The molecule has 0 aromatic rings. The maximum atomic E-state index is 11.4. The van der Waals surface area contributed by atoms with Crippen molar-refractivity contribution in [3.05, 3.63) is 0 Å².